The maximum Gasteiger partial charge on any atom is 0.333 e. The zero-order valence-corrected chi connectivity index (χ0v) is 20.8. The molecule has 0 radical (unpaired) electrons. The molecule has 188 valence electrons. The molecule has 0 aliphatic carbocycles. The fourth-order valence-corrected chi connectivity index (χ4v) is 4.44. The van der Waals surface area contributed by atoms with E-state index in [1.165, 1.54) is 66.8 Å². The Morgan fingerprint density at radius 2 is 1.55 bits per heavy atom. The van der Waals surface area contributed by atoms with Crippen molar-refractivity contribution >= 4 is 11.2 Å². The van der Waals surface area contributed by atoms with E-state index in [9.17, 15) is 9.59 Å². The number of aliphatic hydroxyl groups excluding tert-OH is 1. The molecule has 2 heterocycles. The molecule has 0 aliphatic rings. The minimum atomic E-state index is -0.316. The SMILES string of the molecule is CCCCCCCCNC(CCCCCCCCCCO)n1c(=O)c2[nH]cnc2n(C)c1=O. The van der Waals surface area contributed by atoms with Crippen molar-refractivity contribution in [3.8, 4) is 0 Å². The van der Waals surface area contributed by atoms with E-state index < -0.39 is 0 Å². The third-order valence-electron chi connectivity index (χ3n) is 6.47. The zero-order valence-electron chi connectivity index (χ0n) is 20.8. The molecule has 0 spiro atoms. The lowest BCUT2D eigenvalue weighted by molar-refractivity contribution is 0.282. The van der Waals surface area contributed by atoms with E-state index in [4.69, 9.17) is 5.11 Å². The van der Waals surface area contributed by atoms with Gasteiger partial charge in [0, 0.05) is 13.7 Å². The van der Waals surface area contributed by atoms with Crippen molar-refractivity contribution in [3.05, 3.63) is 27.2 Å². The highest BCUT2D eigenvalue weighted by molar-refractivity contribution is 5.68. The standard InChI is InChI=1S/C25H45N5O3/c1-3-4-5-6-12-15-18-26-21(17-14-11-9-7-8-10-13-16-19-31)30-24(32)22-23(28-20-27-22)29(2)25(30)33/h20-21,26,31H,3-19H2,1-2H3,(H,27,28). The van der Waals surface area contributed by atoms with E-state index in [2.05, 4.69) is 22.2 Å². The average Bonchev–Trinajstić information content (AvgIpc) is 3.31. The van der Waals surface area contributed by atoms with Crippen molar-refractivity contribution in [2.24, 2.45) is 7.05 Å². The number of H-pyrrole nitrogens is 1. The summed E-state index contributed by atoms with van der Waals surface area (Å²) in [6.45, 7) is 3.31. The maximum absolute atomic E-state index is 13.1. The summed E-state index contributed by atoms with van der Waals surface area (Å²) in [7, 11) is 1.67. The van der Waals surface area contributed by atoms with E-state index in [0.717, 1.165) is 51.5 Å². The van der Waals surface area contributed by atoms with Crippen molar-refractivity contribution in [1.82, 2.24) is 24.4 Å². The number of fused-ring (bicyclic) bond motifs is 1. The van der Waals surface area contributed by atoms with Crippen molar-refractivity contribution in [1.29, 1.82) is 0 Å². The van der Waals surface area contributed by atoms with Crippen LogP contribution >= 0.6 is 0 Å². The maximum atomic E-state index is 13.1. The molecule has 0 aromatic carbocycles. The van der Waals surface area contributed by atoms with E-state index in [-0.39, 0.29) is 24.0 Å². The average molecular weight is 464 g/mol. The minimum Gasteiger partial charge on any atom is -0.396 e. The van der Waals surface area contributed by atoms with Gasteiger partial charge in [-0.1, -0.05) is 84.0 Å². The largest absolute Gasteiger partial charge is 0.396 e. The van der Waals surface area contributed by atoms with E-state index in [0.29, 0.717) is 11.2 Å². The summed E-state index contributed by atoms with van der Waals surface area (Å²) in [4.78, 5) is 33.2. The number of nitrogens with zero attached hydrogens (tertiary/aromatic N) is 3. The van der Waals surface area contributed by atoms with Gasteiger partial charge in [-0.05, 0) is 25.8 Å². The monoisotopic (exact) mass is 463 g/mol. The van der Waals surface area contributed by atoms with Gasteiger partial charge in [-0.15, -0.1) is 0 Å². The van der Waals surface area contributed by atoms with Crippen LogP contribution in [-0.4, -0.2) is 37.4 Å². The van der Waals surface area contributed by atoms with Crippen LogP contribution in [0.1, 0.15) is 109 Å². The van der Waals surface area contributed by atoms with Gasteiger partial charge in [0.1, 0.15) is 5.52 Å². The highest BCUT2D eigenvalue weighted by atomic mass is 16.3. The molecule has 2 aromatic rings. The fourth-order valence-electron chi connectivity index (χ4n) is 4.44. The van der Waals surface area contributed by atoms with Gasteiger partial charge in [0.15, 0.2) is 5.65 Å². The van der Waals surface area contributed by atoms with Gasteiger partial charge >= 0.3 is 5.69 Å². The first kappa shape index (κ1) is 27.3. The fraction of sp³-hybridized carbons (Fsp3) is 0.800. The van der Waals surface area contributed by atoms with Crippen LogP contribution in [0, 0.1) is 0 Å². The Balaban J connectivity index is 1.95. The lowest BCUT2D eigenvalue weighted by atomic mass is 10.1. The van der Waals surface area contributed by atoms with Crippen LogP contribution in [0.25, 0.3) is 11.2 Å². The van der Waals surface area contributed by atoms with Crippen LogP contribution in [0.4, 0.5) is 0 Å². The molecule has 0 bridgehead atoms. The molecule has 1 unspecified atom stereocenters. The molecule has 0 saturated carbocycles. The third kappa shape index (κ3) is 8.74. The second-order valence-electron chi connectivity index (χ2n) is 9.20. The second-order valence-corrected chi connectivity index (χ2v) is 9.20. The Bertz CT molecular complexity index is 902. The van der Waals surface area contributed by atoms with Crippen LogP contribution in [0.3, 0.4) is 0 Å². The summed E-state index contributed by atoms with van der Waals surface area (Å²) >= 11 is 0. The molecular formula is C25H45N5O3. The van der Waals surface area contributed by atoms with E-state index in [1.54, 1.807) is 7.05 Å². The number of imidazole rings is 1. The number of aromatic nitrogens is 4. The molecule has 2 aromatic heterocycles. The summed E-state index contributed by atoms with van der Waals surface area (Å²) in [5, 5.41) is 12.4. The number of nitrogens with one attached hydrogen (secondary N) is 2. The van der Waals surface area contributed by atoms with Gasteiger partial charge in [-0.3, -0.25) is 14.7 Å². The number of aryl methyl sites for hydroxylation is 1. The number of unbranched alkanes of at least 4 members (excludes halogenated alkanes) is 12. The summed E-state index contributed by atoms with van der Waals surface area (Å²) < 4.78 is 2.84. The van der Waals surface area contributed by atoms with Gasteiger partial charge in [-0.25, -0.2) is 14.3 Å². The Kier molecular flexibility index (Phi) is 13.1. The van der Waals surface area contributed by atoms with Crippen LogP contribution in [-0.2, 0) is 7.05 Å². The minimum absolute atomic E-state index is 0.288. The third-order valence-corrected chi connectivity index (χ3v) is 6.47. The van der Waals surface area contributed by atoms with Gasteiger partial charge in [0.05, 0.1) is 12.5 Å². The normalized spacial score (nSPS) is 12.6. The Morgan fingerprint density at radius 3 is 2.21 bits per heavy atom. The molecule has 1 atom stereocenters. The first-order chi connectivity index (χ1) is 16.1. The Morgan fingerprint density at radius 1 is 0.939 bits per heavy atom. The van der Waals surface area contributed by atoms with Gasteiger partial charge < -0.3 is 10.1 Å². The summed E-state index contributed by atoms with van der Waals surface area (Å²) in [5.41, 5.74) is 0.169. The summed E-state index contributed by atoms with van der Waals surface area (Å²) in [6.07, 6.45) is 18.0. The van der Waals surface area contributed by atoms with Crippen molar-refractivity contribution in [2.75, 3.05) is 13.2 Å². The van der Waals surface area contributed by atoms with E-state index in [1.807, 2.05) is 0 Å². The lowest BCUT2D eigenvalue weighted by Crippen LogP contribution is -2.46. The number of hydrogen-bond acceptors (Lipinski definition) is 5. The highest BCUT2D eigenvalue weighted by Gasteiger charge is 2.20. The molecule has 0 amide bonds. The van der Waals surface area contributed by atoms with Crippen molar-refractivity contribution in [2.45, 2.75) is 109 Å². The van der Waals surface area contributed by atoms with Gasteiger partial charge in [-0.2, -0.15) is 0 Å². The number of hydrogen-bond donors (Lipinski definition) is 3. The van der Waals surface area contributed by atoms with Crippen molar-refractivity contribution < 1.29 is 5.11 Å². The number of aromatic amines is 1. The van der Waals surface area contributed by atoms with Gasteiger partial charge in [0.25, 0.3) is 5.56 Å². The molecule has 8 nitrogen and oxygen atoms in total. The predicted octanol–water partition coefficient (Wildman–Crippen LogP) is 4.38. The molecule has 0 fully saturated rings. The Hall–Kier alpha value is -1.93. The number of aliphatic hydroxyl groups is 1. The molecule has 33 heavy (non-hydrogen) atoms. The molecule has 3 N–H and O–H groups in total. The van der Waals surface area contributed by atoms with Crippen LogP contribution in [0.15, 0.2) is 15.9 Å². The molecule has 0 aliphatic heterocycles. The van der Waals surface area contributed by atoms with Crippen molar-refractivity contribution in [3.63, 3.8) is 0 Å². The Labute approximate surface area is 197 Å². The summed E-state index contributed by atoms with van der Waals surface area (Å²) in [6, 6.07) is 0. The summed E-state index contributed by atoms with van der Waals surface area (Å²) in [5.74, 6) is 0. The second kappa shape index (κ2) is 15.8. The lowest BCUT2D eigenvalue weighted by Gasteiger charge is -2.21. The van der Waals surface area contributed by atoms with Crippen LogP contribution < -0.4 is 16.6 Å². The number of rotatable bonds is 19. The van der Waals surface area contributed by atoms with Crippen LogP contribution in [0.2, 0.25) is 0 Å². The smallest absolute Gasteiger partial charge is 0.333 e. The van der Waals surface area contributed by atoms with E-state index >= 15 is 0 Å². The zero-order chi connectivity index (χ0) is 23.9. The first-order valence-electron chi connectivity index (χ1n) is 13.1. The molecule has 2 rings (SSSR count). The molecule has 0 saturated heterocycles. The molecule has 8 heteroatoms. The quantitative estimate of drug-likeness (QED) is 0.268. The predicted molar refractivity (Wildman–Crippen MR) is 135 cm³/mol. The van der Waals surface area contributed by atoms with Gasteiger partial charge in [0.2, 0.25) is 0 Å². The van der Waals surface area contributed by atoms with Crippen LogP contribution in [0.5, 0.6) is 0 Å². The first-order valence-corrected chi connectivity index (χ1v) is 13.1. The topological polar surface area (TPSA) is 105 Å². The highest BCUT2D eigenvalue weighted by Crippen LogP contribution is 2.15. The molecular weight excluding hydrogens is 418 g/mol.